The summed E-state index contributed by atoms with van der Waals surface area (Å²) in [6.07, 6.45) is 4.39. The van der Waals surface area contributed by atoms with E-state index in [1.165, 1.54) is 32.1 Å². The van der Waals surface area contributed by atoms with Gasteiger partial charge in [0, 0.05) is 12.6 Å². The Balaban J connectivity index is 1.74. The molecule has 0 amide bonds. The van der Waals surface area contributed by atoms with Crippen molar-refractivity contribution in [3.8, 4) is 0 Å². The summed E-state index contributed by atoms with van der Waals surface area (Å²) in [7, 11) is 0. The van der Waals surface area contributed by atoms with E-state index in [-0.39, 0.29) is 0 Å². The van der Waals surface area contributed by atoms with Gasteiger partial charge in [-0.2, -0.15) is 13.2 Å². The molecule has 1 N–H and O–H groups in total. The molecule has 2 saturated carbocycles. The molecule has 0 aliphatic heterocycles. The fourth-order valence-electron chi connectivity index (χ4n) is 3.77. The molecule has 4 heteroatoms. The third-order valence-electron chi connectivity index (χ3n) is 5.37. The summed E-state index contributed by atoms with van der Waals surface area (Å²) in [6, 6.07) is 0.308. The Morgan fingerprint density at radius 3 is 2.11 bits per heavy atom. The van der Waals surface area contributed by atoms with Gasteiger partial charge in [0.15, 0.2) is 0 Å². The van der Waals surface area contributed by atoms with E-state index in [4.69, 9.17) is 0 Å². The average molecular weight is 277 g/mol. The highest BCUT2D eigenvalue weighted by Crippen LogP contribution is 2.41. The first-order chi connectivity index (χ1) is 8.95. The second kappa shape index (κ2) is 6.02. The molecule has 0 aromatic rings. The molecule has 0 unspecified atom stereocenters. The average Bonchev–Trinajstić information content (AvgIpc) is 2.85. The van der Waals surface area contributed by atoms with E-state index in [9.17, 15) is 13.2 Å². The lowest BCUT2D eigenvalue weighted by Crippen LogP contribution is -2.41. The second-order valence-electron chi connectivity index (χ2n) is 6.53. The van der Waals surface area contributed by atoms with E-state index in [1.54, 1.807) is 0 Å². The molecule has 2 rings (SSSR count). The minimum absolute atomic E-state index is 0.306. The van der Waals surface area contributed by atoms with Crippen molar-refractivity contribution >= 4 is 0 Å². The van der Waals surface area contributed by atoms with Crippen molar-refractivity contribution in [3.05, 3.63) is 0 Å². The van der Waals surface area contributed by atoms with Crippen LogP contribution in [0.15, 0.2) is 0 Å². The zero-order valence-electron chi connectivity index (χ0n) is 11.9. The summed E-state index contributed by atoms with van der Waals surface area (Å²) in [6.45, 7) is 3.25. The lowest BCUT2D eigenvalue weighted by atomic mass is 9.81. The monoisotopic (exact) mass is 277 g/mol. The quantitative estimate of drug-likeness (QED) is 0.787. The summed E-state index contributed by atoms with van der Waals surface area (Å²) >= 11 is 0. The van der Waals surface area contributed by atoms with Crippen LogP contribution in [0, 0.1) is 11.3 Å². The number of hydrogen-bond acceptors (Lipinski definition) is 1. The summed E-state index contributed by atoms with van der Waals surface area (Å²) in [5, 5.41) is 3.56. The van der Waals surface area contributed by atoms with Gasteiger partial charge >= 0.3 is 6.18 Å². The van der Waals surface area contributed by atoms with E-state index in [1.807, 2.05) is 0 Å². The molecule has 0 radical (unpaired) electrons. The standard InChI is InChI=1S/C15H26F3N/c1-2-14(9-3-4-10-14)11-19-13-7-5-12(6-8-13)15(16,17)18/h12-13,19H,2-11H2,1H3. The molecule has 1 nitrogen and oxygen atoms in total. The van der Waals surface area contributed by atoms with E-state index in [0.29, 0.717) is 37.1 Å². The maximum atomic E-state index is 12.6. The SMILES string of the molecule is CCC1(CNC2CCC(C(F)(F)F)CC2)CCCC1. The van der Waals surface area contributed by atoms with Crippen LogP contribution < -0.4 is 5.32 Å². The molecule has 19 heavy (non-hydrogen) atoms. The highest BCUT2D eigenvalue weighted by molar-refractivity contribution is 4.88. The van der Waals surface area contributed by atoms with Crippen molar-refractivity contribution in [1.29, 1.82) is 0 Å². The second-order valence-corrected chi connectivity index (χ2v) is 6.53. The molecular weight excluding hydrogens is 251 g/mol. The van der Waals surface area contributed by atoms with E-state index in [0.717, 1.165) is 6.54 Å². The Bertz CT molecular complexity index is 274. The molecule has 0 bridgehead atoms. The lowest BCUT2D eigenvalue weighted by molar-refractivity contribution is -0.182. The first-order valence-corrected chi connectivity index (χ1v) is 7.75. The van der Waals surface area contributed by atoms with Crippen LogP contribution in [-0.4, -0.2) is 18.8 Å². The molecule has 2 aliphatic carbocycles. The summed E-state index contributed by atoms with van der Waals surface area (Å²) < 4.78 is 37.8. The highest BCUT2D eigenvalue weighted by Gasteiger charge is 2.41. The maximum Gasteiger partial charge on any atom is 0.391 e. The molecule has 0 heterocycles. The molecule has 112 valence electrons. The molecule has 0 aromatic heterocycles. The van der Waals surface area contributed by atoms with Gasteiger partial charge < -0.3 is 5.32 Å². The van der Waals surface area contributed by atoms with E-state index in [2.05, 4.69) is 12.2 Å². The Labute approximate surface area is 114 Å². The molecule has 0 aromatic carbocycles. The number of nitrogens with one attached hydrogen (secondary N) is 1. The zero-order valence-corrected chi connectivity index (χ0v) is 11.9. The van der Waals surface area contributed by atoms with Crippen molar-refractivity contribution in [3.63, 3.8) is 0 Å². The molecular formula is C15H26F3N. The maximum absolute atomic E-state index is 12.6. The molecule has 0 spiro atoms. The molecule has 2 fully saturated rings. The van der Waals surface area contributed by atoms with Gasteiger partial charge in [0.25, 0.3) is 0 Å². The highest BCUT2D eigenvalue weighted by atomic mass is 19.4. The van der Waals surface area contributed by atoms with Crippen LogP contribution in [-0.2, 0) is 0 Å². The molecule has 2 aliphatic rings. The van der Waals surface area contributed by atoms with Crippen molar-refractivity contribution in [1.82, 2.24) is 5.32 Å². The van der Waals surface area contributed by atoms with Gasteiger partial charge in [0.1, 0.15) is 0 Å². The number of halogens is 3. The van der Waals surface area contributed by atoms with Crippen LogP contribution in [0.4, 0.5) is 13.2 Å². The van der Waals surface area contributed by atoms with Crippen molar-refractivity contribution in [2.45, 2.75) is 76.9 Å². The minimum Gasteiger partial charge on any atom is -0.313 e. The normalized spacial score (nSPS) is 31.6. The predicted octanol–water partition coefficient (Wildman–Crippen LogP) is 4.67. The number of rotatable bonds is 4. The topological polar surface area (TPSA) is 12.0 Å². The summed E-state index contributed by atoms with van der Waals surface area (Å²) in [5.74, 6) is -1.06. The molecule has 0 atom stereocenters. The van der Waals surface area contributed by atoms with Gasteiger partial charge in [-0.1, -0.05) is 19.8 Å². The third kappa shape index (κ3) is 3.87. The first kappa shape index (κ1) is 15.1. The van der Waals surface area contributed by atoms with Crippen LogP contribution in [0.2, 0.25) is 0 Å². The van der Waals surface area contributed by atoms with Crippen LogP contribution in [0.5, 0.6) is 0 Å². The van der Waals surface area contributed by atoms with Gasteiger partial charge in [-0.25, -0.2) is 0 Å². The van der Waals surface area contributed by atoms with Crippen LogP contribution in [0.1, 0.15) is 64.7 Å². The first-order valence-electron chi connectivity index (χ1n) is 7.75. The van der Waals surface area contributed by atoms with Gasteiger partial charge in [0.2, 0.25) is 0 Å². The van der Waals surface area contributed by atoms with Gasteiger partial charge in [-0.3, -0.25) is 0 Å². The van der Waals surface area contributed by atoms with Crippen molar-refractivity contribution in [2.75, 3.05) is 6.54 Å². The predicted molar refractivity (Wildman–Crippen MR) is 71.0 cm³/mol. The fraction of sp³-hybridized carbons (Fsp3) is 1.00. The smallest absolute Gasteiger partial charge is 0.313 e. The van der Waals surface area contributed by atoms with Gasteiger partial charge in [0.05, 0.1) is 5.92 Å². The molecule has 0 saturated heterocycles. The van der Waals surface area contributed by atoms with Gasteiger partial charge in [-0.15, -0.1) is 0 Å². The fourth-order valence-corrected chi connectivity index (χ4v) is 3.77. The third-order valence-corrected chi connectivity index (χ3v) is 5.37. The number of hydrogen-bond donors (Lipinski definition) is 1. The van der Waals surface area contributed by atoms with Crippen LogP contribution >= 0.6 is 0 Å². The van der Waals surface area contributed by atoms with Crippen LogP contribution in [0.3, 0.4) is 0 Å². The zero-order chi connectivity index (χ0) is 13.9. The van der Waals surface area contributed by atoms with Crippen molar-refractivity contribution < 1.29 is 13.2 Å². The Morgan fingerprint density at radius 2 is 1.63 bits per heavy atom. The Morgan fingerprint density at radius 1 is 1.05 bits per heavy atom. The summed E-state index contributed by atoms with van der Waals surface area (Å²) in [4.78, 5) is 0. The minimum atomic E-state index is -3.99. The Kier molecular flexibility index (Phi) is 4.80. The number of alkyl halides is 3. The van der Waals surface area contributed by atoms with Crippen LogP contribution in [0.25, 0.3) is 0 Å². The largest absolute Gasteiger partial charge is 0.391 e. The lowest BCUT2D eigenvalue weighted by Gasteiger charge is -2.34. The van der Waals surface area contributed by atoms with Gasteiger partial charge in [-0.05, 0) is 50.4 Å². The van der Waals surface area contributed by atoms with E-state index >= 15 is 0 Å². The van der Waals surface area contributed by atoms with Crippen molar-refractivity contribution in [2.24, 2.45) is 11.3 Å². The summed E-state index contributed by atoms with van der Waals surface area (Å²) in [5.41, 5.74) is 0.431. The Hall–Kier alpha value is -0.250. The van der Waals surface area contributed by atoms with E-state index < -0.39 is 12.1 Å².